The number of aromatic nitrogens is 8. The van der Waals surface area contributed by atoms with Crippen molar-refractivity contribution in [1.29, 1.82) is 0 Å². The molecule has 0 unspecified atom stereocenters. The number of aromatic amines is 1. The predicted octanol–water partition coefficient (Wildman–Crippen LogP) is 3.75. The Labute approximate surface area is 195 Å². The van der Waals surface area contributed by atoms with Gasteiger partial charge < -0.3 is 0 Å². The minimum Gasteiger partial charge on any atom is -0.285 e. The van der Waals surface area contributed by atoms with Gasteiger partial charge in [-0.2, -0.15) is 5.21 Å². The Hall–Kier alpha value is -4.53. The van der Waals surface area contributed by atoms with Crippen molar-refractivity contribution in [3.8, 4) is 22.5 Å². The smallest absolute Gasteiger partial charge is 0.232 e. The number of hydrogen-bond donors (Lipinski definition) is 1. The molecule has 0 radical (unpaired) electrons. The van der Waals surface area contributed by atoms with Gasteiger partial charge in [0.2, 0.25) is 17.4 Å². The van der Waals surface area contributed by atoms with E-state index in [1.807, 2.05) is 53.2 Å². The second-order valence-corrected chi connectivity index (χ2v) is 7.80. The highest BCUT2D eigenvalue weighted by Crippen LogP contribution is 2.29. The monoisotopic (exact) mass is 450 g/mol. The summed E-state index contributed by atoms with van der Waals surface area (Å²) in [5, 5.41) is 18.8. The first kappa shape index (κ1) is 21.3. The van der Waals surface area contributed by atoms with Crippen LogP contribution in [0.5, 0.6) is 0 Å². The molecule has 9 heteroatoms. The summed E-state index contributed by atoms with van der Waals surface area (Å²) in [5.41, 5.74) is 4.41. The molecule has 0 aliphatic rings. The second-order valence-electron chi connectivity index (χ2n) is 7.80. The van der Waals surface area contributed by atoms with Crippen LogP contribution in [0.2, 0.25) is 0 Å². The molecule has 168 valence electrons. The maximum atomic E-state index is 12.8. The highest BCUT2D eigenvalue weighted by molar-refractivity contribution is 6.06. The fourth-order valence-corrected chi connectivity index (χ4v) is 3.79. The van der Waals surface area contributed by atoms with Crippen LogP contribution in [0.1, 0.15) is 40.9 Å². The van der Waals surface area contributed by atoms with Gasteiger partial charge in [-0.15, -0.1) is 15.3 Å². The standard InChI is InChI=1S/C25H22N8O/c1-2-14-33-22(27-25(30-33)23(34)19-6-4-3-5-7-19)15-17-8-10-18(11-9-17)21-16-26-13-12-20(21)24-28-31-32-29-24/h3-13,16H,2,14-15H2,1H3,(H,28,29,31,32). The third-order valence-electron chi connectivity index (χ3n) is 5.46. The van der Waals surface area contributed by atoms with Gasteiger partial charge in [-0.05, 0) is 28.8 Å². The molecule has 5 rings (SSSR count). The summed E-state index contributed by atoms with van der Waals surface area (Å²) in [5.74, 6) is 1.34. The molecule has 0 saturated heterocycles. The number of benzene rings is 2. The van der Waals surface area contributed by atoms with E-state index in [4.69, 9.17) is 0 Å². The lowest BCUT2D eigenvalue weighted by Crippen LogP contribution is -2.07. The van der Waals surface area contributed by atoms with Gasteiger partial charge in [0.1, 0.15) is 5.82 Å². The quantitative estimate of drug-likeness (QED) is 0.358. The van der Waals surface area contributed by atoms with E-state index in [2.05, 4.69) is 42.6 Å². The van der Waals surface area contributed by atoms with Gasteiger partial charge >= 0.3 is 0 Å². The van der Waals surface area contributed by atoms with Crippen LogP contribution in [0.25, 0.3) is 22.5 Å². The van der Waals surface area contributed by atoms with E-state index in [0.29, 0.717) is 24.4 Å². The van der Waals surface area contributed by atoms with Crippen molar-refractivity contribution in [2.45, 2.75) is 26.3 Å². The first-order valence-electron chi connectivity index (χ1n) is 11.0. The average Bonchev–Trinajstić information content (AvgIpc) is 3.56. The molecule has 3 aromatic heterocycles. The largest absolute Gasteiger partial charge is 0.285 e. The van der Waals surface area contributed by atoms with Crippen molar-refractivity contribution in [3.63, 3.8) is 0 Å². The Morgan fingerprint density at radius 3 is 2.56 bits per heavy atom. The summed E-state index contributed by atoms with van der Waals surface area (Å²) in [7, 11) is 0. The minimum absolute atomic E-state index is 0.169. The average molecular weight is 451 g/mol. The van der Waals surface area contributed by atoms with Crippen LogP contribution in [-0.4, -0.2) is 46.2 Å². The van der Waals surface area contributed by atoms with Gasteiger partial charge in [-0.1, -0.05) is 61.5 Å². The van der Waals surface area contributed by atoms with E-state index in [1.54, 1.807) is 24.5 Å². The summed E-state index contributed by atoms with van der Waals surface area (Å²) in [6, 6.07) is 19.1. The molecule has 2 aromatic carbocycles. The van der Waals surface area contributed by atoms with Crippen molar-refractivity contribution < 1.29 is 4.79 Å². The van der Waals surface area contributed by atoms with Crippen LogP contribution in [0.15, 0.2) is 73.1 Å². The van der Waals surface area contributed by atoms with Crippen molar-refractivity contribution in [1.82, 2.24) is 40.4 Å². The highest BCUT2D eigenvalue weighted by atomic mass is 16.1. The van der Waals surface area contributed by atoms with Crippen LogP contribution in [0.4, 0.5) is 0 Å². The van der Waals surface area contributed by atoms with E-state index >= 15 is 0 Å². The number of tetrazole rings is 1. The molecular formula is C25H22N8O. The molecule has 0 amide bonds. The van der Waals surface area contributed by atoms with Gasteiger partial charge in [0.15, 0.2) is 0 Å². The first-order valence-corrected chi connectivity index (χ1v) is 11.0. The fourth-order valence-electron chi connectivity index (χ4n) is 3.79. The molecule has 0 atom stereocenters. The summed E-state index contributed by atoms with van der Waals surface area (Å²) >= 11 is 0. The Bertz CT molecular complexity index is 1390. The third-order valence-corrected chi connectivity index (χ3v) is 5.46. The number of nitrogens with one attached hydrogen (secondary N) is 1. The molecule has 3 heterocycles. The van der Waals surface area contributed by atoms with Gasteiger partial charge in [-0.25, -0.2) is 9.67 Å². The Kier molecular flexibility index (Phi) is 5.98. The molecule has 0 saturated carbocycles. The van der Waals surface area contributed by atoms with Gasteiger partial charge in [0.25, 0.3) is 0 Å². The van der Waals surface area contributed by atoms with E-state index < -0.39 is 0 Å². The van der Waals surface area contributed by atoms with E-state index in [1.165, 1.54) is 0 Å². The summed E-state index contributed by atoms with van der Waals surface area (Å²) in [6.07, 6.45) is 4.96. The Morgan fingerprint density at radius 1 is 1.00 bits per heavy atom. The highest BCUT2D eigenvalue weighted by Gasteiger charge is 2.18. The number of hydrogen-bond acceptors (Lipinski definition) is 7. The Balaban J connectivity index is 1.41. The lowest BCUT2D eigenvalue weighted by Gasteiger charge is -2.08. The molecule has 0 fully saturated rings. The minimum atomic E-state index is -0.169. The van der Waals surface area contributed by atoms with Crippen LogP contribution < -0.4 is 0 Å². The zero-order chi connectivity index (χ0) is 23.3. The van der Waals surface area contributed by atoms with Gasteiger partial charge in [0.05, 0.1) is 0 Å². The fraction of sp³-hybridized carbons (Fsp3) is 0.160. The number of pyridine rings is 1. The van der Waals surface area contributed by atoms with Crippen molar-refractivity contribution in [3.05, 3.63) is 95.8 Å². The zero-order valence-electron chi connectivity index (χ0n) is 18.6. The SMILES string of the molecule is CCCn1nc(C(=O)c2ccccc2)nc1Cc1ccc(-c2cnccc2-c2nn[nH]n2)cc1. The predicted molar refractivity (Wildman–Crippen MR) is 126 cm³/mol. The van der Waals surface area contributed by atoms with Gasteiger partial charge in [-0.3, -0.25) is 9.78 Å². The molecule has 0 aliphatic carbocycles. The number of aryl methyl sites for hydroxylation is 1. The van der Waals surface area contributed by atoms with Crippen LogP contribution in [-0.2, 0) is 13.0 Å². The van der Waals surface area contributed by atoms with Crippen LogP contribution in [0.3, 0.4) is 0 Å². The van der Waals surface area contributed by atoms with E-state index in [9.17, 15) is 4.79 Å². The maximum Gasteiger partial charge on any atom is 0.232 e. The molecule has 0 spiro atoms. The lowest BCUT2D eigenvalue weighted by atomic mass is 9.99. The second kappa shape index (κ2) is 9.53. The van der Waals surface area contributed by atoms with E-state index in [-0.39, 0.29) is 11.6 Å². The Morgan fingerprint density at radius 2 is 1.82 bits per heavy atom. The number of rotatable bonds is 8. The lowest BCUT2D eigenvalue weighted by molar-refractivity contribution is 0.102. The molecular weight excluding hydrogens is 428 g/mol. The first-order chi connectivity index (χ1) is 16.7. The van der Waals surface area contributed by atoms with Gasteiger partial charge in [0, 0.05) is 42.0 Å². The third kappa shape index (κ3) is 4.36. The van der Waals surface area contributed by atoms with Crippen molar-refractivity contribution >= 4 is 5.78 Å². The van der Waals surface area contributed by atoms with E-state index in [0.717, 1.165) is 34.5 Å². The maximum absolute atomic E-state index is 12.8. The van der Waals surface area contributed by atoms with Crippen molar-refractivity contribution in [2.75, 3.05) is 0 Å². The zero-order valence-corrected chi connectivity index (χ0v) is 18.6. The molecule has 0 aliphatic heterocycles. The number of carbonyl (C=O) groups excluding carboxylic acids is 1. The van der Waals surface area contributed by atoms with Crippen LogP contribution in [0, 0.1) is 0 Å². The van der Waals surface area contributed by atoms with Crippen molar-refractivity contribution in [2.24, 2.45) is 0 Å². The van der Waals surface area contributed by atoms with Crippen LogP contribution >= 0.6 is 0 Å². The summed E-state index contributed by atoms with van der Waals surface area (Å²) in [6.45, 7) is 2.78. The normalized spacial score (nSPS) is 11.0. The number of carbonyl (C=O) groups is 1. The molecule has 5 aromatic rings. The molecule has 9 nitrogen and oxygen atoms in total. The molecule has 34 heavy (non-hydrogen) atoms. The molecule has 1 N–H and O–H groups in total. The summed E-state index contributed by atoms with van der Waals surface area (Å²) in [4.78, 5) is 21.7. The summed E-state index contributed by atoms with van der Waals surface area (Å²) < 4.78 is 1.83. The number of nitrogens with zero attached hydrogens (tertiary/aromatic N) is 7. The number of ketones is 1. The number of H-pyrrole nitrogens is 1. The molecule has 0 bridgehead atoms. The topological polar surface area (TPSA) is 115 Å².